The van der Waals surface area contributed by atoms with Crippen LogP contribution in [0.1, 0.15) is 44.2 Å². The fraction of sp³-hybridized carbons (Fsp3) is 0.647. The lowest BCUT2D eigenvalue weighted by atomic mass is 9.97. The van der Waals surface area contributed by atoms with Crippen LogP contribution in [0, 0.1) is 0 Å². The fourth-order valence-corrected chi connectivity index (χ4v) is 3.06. The predicted octanol–water partition coefficient (Wildman–Crippen LogP) is 3.22. The Hall–Kier alpha value is -1.06. The topological polar surface area (TPSA) is 24.5 Å². The van der Waals surface area contributed by atoms with E-state index in [1.54, 1.807) is 7.11 Å². The van der Waals surface area contributed by atoms with Crippen LogP contribution in [0.15, 0.2) is 24.3 Å². The highest BCUT2D eigenvalue weighted by Gasteiger charge is 2.24. The van der Waals surface area contributed by atoms with Gasteiger partial charge in [0.1, 0.15) is 5.75 Å². The van der Waals surface area contributed by atoms with Crippen LogP contribution in [-0.2, 0) is 0 Å². The molecule has 1 aromatic carbocycles. The standard InChI is InChI=1S/C17H28N2O/c1-3-4-5-9-16(19-13-11-18-12-14-19)15-8-6-7-10-17(15)20-2/h6-8,10,16,18H,3-5,9,11-14H2,1-2H3/t16-/m1/s1. The van der Waals surface area contributed by atoms with Crippen molar-refractivity contribution < 1.29 is 4.74 Å². The third-order valence-corrected chi connectivity index (χ3v) is 4.17. The van der Waals surface area contributed by atoms with Gasteiger partial charge in [-0.1, -0.05) is 44.4 Å². The summed E-state index contributed by atoms with van der Waals surface area (Å²) in [5.41, 5.74) is 1.35. The maximum Gasteiger partial charge on any atom is 0.123 e. The quantitative estimate of drug-likeness (QED) is 0.774. The number of hydrogen-bond donors (Lipinski definition) is 1. The van der Waals surface area contributed by atoms with Gasteiger partial charge in [0.15, 0.2) is 0 Å². The summed E-state index contributed by atoms with van der Waals surface area (Å²) in [5.74, 6) is 1.03. The van der Waals surface area contributed by atoms with Gasteiger partial charge in [-0.2, -0.15) is 0 Å². The summed E-state index contributed by atoms with van der Waals surface area (Å²) in [6.07, 6.45) is 5.12. The van der Waals surface area contributed by atoms with E-state index in [9.17, 15) is 0 Å². The summed E-state index contributed by atoms with van der Waals surface area (Å²) in [5, 5.41) is 3.44. The van der Waals surface area contributed by atoms with Crippen molar-refractivity contribution >= 4 is 0 Å². The summed E-state index contributed by atoms with van der Waals surface area (Å²) in [7, 11) is 1.78. The summed E-state index contributed by atoms with van der Waals surface area (Å²) >= 11 is 0. The highest BCUT2D eigenvalue weighted by Crippen LogP contribution is 2.33. The Balaban J connectivity index is 2.15. The zero-order valence-electron chi connectivity index (χ0n) is 12.9. The third-order valence-electron chi connectivity index (χ3n) is 4.17. The molecule has 1 saturated heterocycles. The van der Waals surface area contributed by atoms with Gasteiger partial charge in [0.25, 0.3) is 0 Å². The van der Waals surface area contributed by atoms with Crippen LogP contribution in [0.5, 0.6) is 5.75 Å². The molecule has 0 amide bonds. The molecule has 112 valence electrons. The average Bonchev–Trinajstić information content (AvgIpc) is 2.52. The number of methoxy groups -OCH3 is 1. The van der Waals surface area contributed by atoms with Crippen LogP contribution in [-0.4, -0.2) is 38.2 Å². The number of hydrogen-bond acceptors (Lipinski definition) is 3. The minimum Gasteiger partial charge on any atom is -0.496 e. The number of nitrogens with zero attached hydrogens (tertiary/aromatic N) is 1. The molecular weight excluding hydrogens is 248 g/mol. The number of para-hydroxylation sites is 1. The molecule has 0 aliphatic carbocycles. The maximum atomic E-state index is 5.58. The molecule has 0 unspecified atom stereocenters. The molecule has 0 radical (unpaired) electrons. The molecule has 1 N–H and O–H groups in total. The summed E-state index contributed by atoms with van der Waals surface area (Å²) < 4.78 is 5.58. The highest BCUT2D eigenvalue weighted by atomic mass is 16.5. The minimum absolute atomic E-state index is 0.500. The lowest BCUT2D eigenvalue weighted by molar-refractivity contribution is 0.160. The highest BCUT2D eigenvalue weighted by molar-refractivity contribution is 5.36. The molecule has 3 nitrogen and oxygen atoms in total. The van der Waals surface area contributed by atoms with E-state index in [0.29, 0.717) is 6.04 Å². The molecule has 20 heavy (non-hydrogen) atoms. The normalized spacial score (nSPS) is 17.9. The van der Waals surface area contributed by atoms with E-state index in [1.807, 2.05) is 0 Å². The Bertz CT molecular complexity index is 388. The van der Waals surface area contributed by atoms with E-state index in [0.717, 1.165) is 31.9 Å². The zero-order valence-corrected chi connectivity index (χ0v) is 12.9. The Morgan fingerprint density at radius 2 is 1.95 bits per heavy atom. The second-order valence-corrected chi connectivity index (χ2v) is 5.54. The van der Waals surface area contributed by atoms with E-state index < -0.39 is 0 Å². The SMILES string of the molecule is CCCCC[C@H](c1ccccc1OC)N1CCNCC1. The molecular formula is C17H28N2O. The number of ether oxygens (including phenoxy) is 1. The second kappa shape index (κ2) is 8.28. The molecule has 1 atom stereocenters. The van der Waals surface area contributed by atoms with E-state index in [2.05, 4.69) is 41.4 Å². The van der Waals surface area contributed by atoms with E-state index in [-0.39, 0.29) is 0 Å². The summed E-state index contributed by atoms with van der Waals surface area (Å²) in [6.45, 7) is 6.73. The van der Waals surface area contributed by atoms with Gasteiger partial charge >= 0.3 is 0 Å². The van der Waals surface area contributed by atoms with Gasteiger partial charge in [-0.3, -0.25) is 4.90 Å². The zero-order chi connectivity index (χ0) is 14.2. The predicted molar refractivity (Wildman–Crippen MR) is 84.3 cm³/mol. The van der Waals surface area contributed by atoms with Crippen molar-refractivity contribution in [2.45, 2.75) is 38.6 Å². The number of rotatable bonds is 7. The monoisotopic (exact) mass is 276 g/mol. The van der Waals surface area contributed by atoms with Crippen LogP contribution in [0.4, 0.5) is 0 Å². The van der Waals surface area contributed by atoms with Crippen molar-refractivity contribution in [3.8, 4) is 5.75 Å². The first-order valence-corrected chi connectivity index (χ1v) is 7.94. The first kappa shape index (κ1) is 15.3. The number of piperazine rings is 1. The Morgan fingerprint density at radius 1 is 1.20 bits per heavy atom. The number of benzene rings is 1. The van der Waals surface area contributed by atoms with Crippen molar-refractivity contribution in [1.29, 1.82) is 0 Å². The van der Waals surface area contributed by atoms with Crippen LogP contribution < -0.4 is 10.1 Å². The van der Waals surface area contributed by atoms with E-state index >= 15 is 0 Å². The Morgan fingerprint density at radius 3 is 2.65 bits per heavy atom. The molecule has 3 heteroatoms. The van der Waals surface area contributed by atoms with Gasteiger partial charge in [0.05, 0.1) is 7.11 Å². The van der Waals surface area contributed by atoms with Gasteiger partial charge in [-0.15, -0.1) is 0 Å². The van der Waals surface area contributed by atoms with Gasteiger partial charge in [0.2, 0.25) is 0 Å². The average molecular weight is 276 g/mol. The Labute approximate surface area is 123 Å². The number of nitrogens with one attached hydrogen (secondary N) is 1. The van der Waals surface area contributed by atoms with Gasteiger partial charge < -0.3 is 10.1 Å². The van der Waals surface area contributed by atoms with Crippen molar-refractivity contribution in [2.75, 3.05) is 33.3 Å². The molecule has 1 aliphatic rings. The molecule has 0 aromatic heterocycles. The second-order valence-electron chi connectivity index (χ2n) is 5.54. The lowest BCUT2D eigenvalue weighted by Gasteiger charge is -2.36. The fourth-order valence-electron chi connectivity index (χ4n) is 3.06. The van der Waals surface area contributed by atoms with Crippen molar-refractivity contribution in [3.63, 3.8) is 0 Å². The maximum absolute atomic E-state index is 5.58. The number of unbranched alkanes of at least 4 members (excludes halogenated alkanes) is 2. The summed E-state index contributed by atoms with van der Waals surface area (Å²) in [4.78, 5) is 2.62. The van der Waals surface area contributed by atoms with Crippen LogP contribution in [0.3, 0.4) is 0 Å². The van der Waals surface area contributed by atoms with Gasteiger partial charge in [-0.05, 0) is 12.5 Å². The van der Waals surface area contributed by atoms with Crippen molar-refractivity contribution in [1.82, 2.24) is 10.2 Å². The van der Waals surface area contributed by atoms with Crippen molar-refractivity contribution in [2.24, 2.45) is 0 Å². The van der Waals surface area contributed by atoms with E-state index in [4.69, 9.17) is 4.74 Å². The molecule has 1 aliphatic heterocycles. The van der Waals surface area contributed by atoms with Crippen molar-refractivity contribution in [3.05, 3.63) is 29.8 Å². The minimum atomic E-state index is 0.500. The molecule has 1 aromatic rings. The molecule has 1 fully saturated rings. The van der Waals surface area contributed by atoms with E-state index in [1.165, 1.54) is 31.2 Å². The smallest absolute Gasteiger partial charge is 0.123 e. The molecule has 0 saturated carbocycles. The Kier molecular flexibility index (Phi) is 6.34. The largest absolute Gasteiger partial charge is 0.496 e. The van der Waals surface area contributed by atoms with Gasteiger partial charge in [-0.25, -0.2) is 0 Å². The van der Waals surface area contributed by atoms with Crippen LogP contribution in [0.25, 0.3) is 0 Å². The lowest BCUT2D eigenvalue weighted by Crippen LogP contribution is -2.45. The molecule has 1 heterocycles. The van der Waals surface area contributed by atoms with Crippen LogP contribution in [0.2, 0.25) is 0 Å². The van der Waals surface area contributed by atoms with Crippen LogP contribution >= 0.6 is 0 Å². The first-order chi connectivity index (χ1) is 9.86. The summed E-state index contributed by atoms with van der Waals surface area (Å²) in [6, 6.07) is 9.01. The third kappa shape index (κ3) is 3.97. The van der Waals surface area contributed by atoms with Gasteiger partial charge in [0, 0.05) is 37.8 Å². The molecule has 2 rings (SSSR count). The molecule has 0 spiro atoms. The first-order valence-electron chi connectivity index (χ1n) is 7.94. The molecule has 0 bridgehead atoms.